The Hall–Kier alpha value is -2.54. The van der Waals surface area contributed by atoms with Crippen molar-refractivity contribution in [3.8, 4) is 0 Å². The number of nitrogens with one attached hydrogen (secondary N) is 2. The zero-order chi connectivity index (χ0) is 20.0. The summed E-state index contributed by atoms with van der Waals surface area (Å²) >= 11 is 0. The summed E-state index contributed by atoms with van der Waals surface area (Å²) in [6.45, 7) is 1.71. The Kier molecular flexibility index (Phi) is 6.57. The van der Waals surface area contributed by atoms with Gasteiger partial charge in [0.25, 0.3) is 0 Å². The molecule has 1 heterocycles. The molecule has 28 heavy (non-hydrogen) atoms. The molecule has 0 spiro atoms. The molecule has 1 aliphatic heterocycles. The Morgan fingerprint density at radius 3 is 2.64 bits per heavy atom. The molecular weight excluding hydrogens is 374 g/mol. The van der Waals surface area contributed by atoms with Gasteiger partial charge < -0.3 is 10.2 Å². The summed E-state index contributed by atoms with van der Waals surface area (Å²) in [4.78, 5) is 14.4. The topological polar surface area (TPSA) is 78.5 Å². The van der Waals surface area contributed by atoms with Crippen molar-refractivity contribution in [1.29, 1.82) is 0 Å². The van der Waals surface area contributed by atoms with Crippen molar-refractivity contribution in [3.63, 3.8) is 0 Å². The van der Waals surface area contributed by atoms with Crippen LogP contribution in [0.2, 0.25) is 0 Å². The van der Waals surface area contributed by atoms with Gasteiger partial charge in [0.05, 0.1) is 18.5 Å². The Bertz CT molecular complexity index is 914. The fraction of sp³-hybridized carbons (Fsp3) is 0.381. The number of carbonyl (C=O) groups is 1. The van der Waals surface area contributed by atoms with Crippen molar-refractivity contribution in [2.75, 3.05) is 35.5 Å². The SMILES string of the molecule is CS(=O)(=O)Nc1cccc2c1CCCN2CC(=O)NCCCc1ccccc1. The predicted molar refractivity (Wildman–Crippen MR) is 113 cm³/mol. The van der Waals surface area contributed by atoms with Crippen molar-refractivity contribution in [3.05, 3.63) is 59.7 Å². The normalized spacial score (nSPS) is 13.7. The molecule has 1 amide bonds. The minimum Gasteiger partial charge on any atom is -0.362 e. The van der Waals surface area contributed by atoms with Gasteiger partial charge in [-0.3, -0.25) is 9.52 Å². The van der Waals surface area contributed by atoms with E-state index >= 15 is 0 Å². The number of carbonyl (C=O) groups excluding carboxylic acids is 1. The first kappa shape index (κ1) is 20.2. The predicted octanol–water partition coefficient (Wildman–Crippen LogP) is 2.56. The van der Waals surface area contributed by atoms with Gasteiger partial charge >= 0.3 is 0 Å². The van der Waals surface area contributed by atoms with Crippen LogP contribution in [0, 0.1) is 0 Å². The van der Waals surface area contributed by atoms with E-state index in [2.05, 4.69) is 22.2 Å². The molecule has 1 aliphatic rings. The lowest BCUT2D eigenvalue weighted by Gasteiger charge is -2.32. The minimum atomic E-state index is -3.34. The highest BCUT2D eigenvalue weighted by atomic mass is 32.2. The van der Waals surface area contributed by atoms with Gasteiger partial charge in [-0.25, -0.2) is 8.42 Å². The van der Waals surface area contributed by atoms with Gasteiger partial charge in [0.15, 0.2) is 0 Å². The number of fused-ring (bicyclic) bond motifs is 1. The zero-order valence-corrected chi connectivity index (χ0v) is 17.0. The third kappa shape index (κ3) is 5.73. The second-order valence-corrected chi connectivity index (χ2v) is 8.89. The Labute approximate surface area is 167 Å². The molecule has 7 heteroatoms. The Morgan fingerprint density at radius 2 is 1.89 bits per heavy atom. The van der Waals surface area contributed by atoms with Crippen LogP contribution in [0.3, 0.4) is 0 Å². The number of amides is 1. The summed E-state index contributed by atoms with van der Waals surface area (Å²) in [5.41, 5.74) is 3.76. The van der Waals surface area contributed by atoms with Gasteiger partial charge in [-0.05, 0) is 48.9 Å². The highest BCUT2D eigenvalue weighted by Crippen LogP contribution is 2.33. The highest BCUT2D eigenvalue weighted by Gasteiger charge is 2.22. The van der Waals surface area contributed by atoms with Crippen LogP contribution in [0.15, 0.2) is 48.5 Å². The molecule has 2 aromatic rings. The van der Waals surface area contributed by atoms with E-state index in [1.54, 1.807) is 6.07 Å². The number of aryl methyl sites for hydroxylation is 1. The van der Waals surface area contributed by atoms with Crippen LogP contribution in [0.4, 0.5) is 11.4 Å². The molecule has 0 aliphatic carbocycles. The van der Waals surface area contributed by atoms with Crippen LogP contribution >= 0.6 is 0 Å². The third-order valence-corrected chi connectivity index (χ3v) is 5.37. The van der Waals surface area contributed by atoms with Gasteiger partial charge in [-0.1, -0.05) is 36.4 Å². The molecule has 2 N–H and O–H groups in total. The smallest absolute Gasteiger partial charge is 0.239 e. The van der Waals surface area contributed by atoms with Crippen LogP contribution in [-0.4, -0.2) is 40.2 Å². The van der Waals surface area contributed by atoms with Crippen molar-refractivity contribution < 1.29 is 13.2 Å². The molecule has 0 bridgehead atoms. The van der Waals surface area contributed by atoms with Crippen molar-refractivity contribution in [2.45, 2.75) is 25.7 Å². The zero-order valence-electron chi connectivity index (χ0n) is 16.1. The molecule has 0 saturated heterocycles. The van der Waals surface area contributed by atoms with Gasteiger partial charge in [0, 0.05) is 18.8 Å². The maximum atomic E-state index is 12.4. The van der Waals surface area contributed by atoms with Crippen molar-refractivity contribution in [2.24, 2.45) is 0 Å². The second kappa shape index (κ2) is 9.10. The summed E-state index contributed by atoms with van der Waals surface area (Å²) in [7, 11) is -3.34. The molecule has 0 aromatic heterocycles. The van der Waals surface area contributed by atoms with Crippen LogP contribution in [-0.2, 0) is 27.7 Å². The fourth-order valence-corrected chi connectivity index (χ4v) is 4.15. The second-order valence-electron chi connectivity index (χ2n) is 7.14. The average Bonchev–Trinajstić information content (AvgIpc) is 2.66. The van der Waals surface area contributed by atoms with E-state index in [-0.39, 0.29) is 12.5 Å². The molecule has 0 fully saturated rings. The average molecular weight is 402 g/mol. The van der Waals surface area contributed by atoms with Crippen LogP contribution in [0.5, 0.6) is 0 Å². The monoisotopic (exact) mass is 401 g/mol. The minimum absolute atomic E-state index is 0.0117. The first-order chi connectivity index (χ1) is 13.4. The number of anilines is 2. The van der Waals surface area contributed by atoms with Gasteiger partial charge in [0.2, 0.25) is 15.9 Å². The molecule has 6 nitrogen and oxygen atoms in total. The Balaban J connectivity index is 1.55. The van der Waals surface area contributed by atoms with E-state index in [1.165, 1.54) is 5.56 Å². The summed E-state index contributed by atoms with van der Waals surface area (Å²) in [6, 6.07) is 15.8. The summed E-state index contributed by atoms with van der Waals surface area (Å²) < 4.78 is 25.8. The number of sulfonamides is 1. The van der Waals surface area contributed by atoms with E-state index in [1.807, 2.05) is 35.2 Å². The first-order valence-electron chi connectivity index (χ1n) is 9.57. The van der Waals surface area contributed by atoms with Crippen LogP contribution in [0.1, 0.15) is 24.0 Å². The molecule has 2 aromatic carbocycles. The van der Waals surface area contributed by atoms with Gasteiger partial charge in [-0.2, -0.15) is 0 Å². The molecule has 0 unspecified atom stereocenters. The lowest BCUT2D eigenvalue weighted by atomic mass is 10.00. The number of nitrogens with zero attached hydrogens (tertiary/aromatic N) is 1. The molecule has 150 valence electrons. The largest absolute Gasteiger partial charge is 0.362 e. The van der Waals surface area contributed by atoms with Crippen molar-refractivity contribution >= 4 is 27.3 Å². The summed E-state index contributed by atoms with van der Waals surface area (Å²) in [5.74, 6) is -0.0117. The third-order valence-electron chi connectivity index (χ3n) is 4.78. The highest BCUT2D eigenvalue weighted by molar-refractivity contribution is 7.92. The standard InChI is InChI=1S/C21H27N3O3S/c1-28(26,27)23-19-12-5-13-20-18(19)11-7-15-24(20)16-21(25)22-14-6-10-17-8-3-2-4-9-17/h2-5,8-9,12-13,23H,6-7,10-11,14-16H2,1H3,(H,22,25). The quantitative estimate of drug-likeness (QED) is 0.667. The van der Waals surface area contributed by atoms with Gasteiger partial charge in [-0.15, -0.1) is 0 Å². The fourth-order valence-electron chi connectivity index (χ4n) is 3.55. The number of benzene rings is 2. The molecule has 0 atom stereocenters. The van der Waals surface area contributed by atoms with Gasteiger partial charge in [0.1, 0.15) is 0 Å². The van der Waals surface area contributed by atoms with E-state index in [4.69, 9.17) is 0 Å². The molecular formula is C21H27N3O3S. The number of rotatable bonds is 8. The molecule has 0 saturated carbocycles. The first-order valence-corrected chi connectivity index (χ1v) is 11.5. The summed E-state index contributed by atoms with van der Waals surface area (Å²) in [5, 5.41) is 2.99. The van der Waals surface area contributed by atoms with E-state index < -0.39 is 10.0 Å². The van der Waals surface area contributed by atoms with Crippen molar-refractivity contribution in [1.82, 2.24) is 5.32 Å². The summed E-state index contributed by atoms with van der Waals surface area (Å²) in [6.07, 6.45) is 4.67. The number of hydrogen-bond donors (Lipinski definition) is 2. The van der Waals surface area contributed by atoms with Crippen LogP contribution < -0.4 is 14.9 Å². The number of hydrogen-bond acceptors (Lipinski definition) is 4. The van der Waals surface area contributed by atoms with E-state index in [0.29, 0.717) is 12.2 Å². The lowest BCUT2D eigenvalue weighted by molar-refractivity contribution is -0.119. The molecule has 3 rings (SSSR count). The maximum absolute atomic E-state index is 12.4. The Morgan fingerprint density at radius 1 is 1.11 bits per heavy atom. The van der Waals surface area contributed by atoms with Crippen LogP contribution in [0.25, 0.3) is 0 Å². The molecule has 0 radical (unpaired) electrons. The van der Waals surface area contributed by atoms with E-state index in [0.717, 1.165) is 49.7 Å². The van der Waals surface area contributed by atoms with E-state index in [9.17, 15) is 13.2 Å². The lowest BCUT2D eigenvalue weighted by Crippen LogP contribution is -2.40. The maximum Gasteiger partial charge on any atom is 0.239 e.